The molecule has 2 nitrogen and oxygen atoms in total. The van der Waals surface area contributed by atoms with E-state index in [0.29, 0.717) is 0 Å². The number of rotatable bonds is 5. The van der Waals surface area contributed by atoms with Crippen molar-refractivity contribution >= 4 is 10.9 Å². The van der Waals surface area contributed by atoms with E-state index in [1.54, 1.807) is 0 Å². The number of fused-ring (bicyclic) bond motifs is 1. The third-order valence-electron chi connectivity index (χ3n) is 4.00. The summed E-state index contributed by atoms with van der Waals surface area (Å²) in [5.74, 6) is 0. The van der Waals surface area contributed by atoms with Crippen LogP contribution in [0.25, 0.3) is 10.9 Å². The monoisotopic (exact) mass is 278 g/mol. The summed E-state index contributed by atoms with van der Waals surface area (Å²) in [7, 11) is 2.12. The Bertz CT molecular complexity index is 723. The van der Waals surface area contributed by atoms with Gasteiger partial charge in [0.15, 0.2) is 0 Å². The third-order valence-corrected chi connectivity index (χ3v) is 4.00. The van der Waals surface area contributed by atoms with Gasteiger partial charge in [0.2, 0.25) is 0 Å². The summed E-state index contributed by atoms with van der Waals surface area (Å²) in [5.41, 5.74) is 5.39. The first-order valence-electron chi connectivity index (χ1n) is 7.53. The lowest BCUT2D eigenvalue weighted by atomic mass is 10.1. The van der Waals surface area contributed by atoms with E-state index in [-0.39, 0.29) is 0 Å². The topological polar surface area (TPSA) is 17.0 Å². The van der Waals surface area contributed by atoms with Crippen molar-refractivity contribution in [2.45, 2.75) is 19.9 Å². The molecule has 0 aliphatic carbocycles. The molecule has 1 aromatic heterocycles. The maximum Gasteiger partial charge on any atom is 0.0480 e. The Hall–Kier alpha value is -2.06. The molecule has 0 aliphatic rings. The Balaban J connectivity index is 1.58. The molecule has 0 bridgehead atoms. The lowest BCUT2D eigenvalue weighted by Gasteiger charge is -2.05. The van der Waals surface area contributed by atoms with E-state index in [4.69, 9.17) is 0 Å². The molecule has 1 N–H and O–H groups in total. The standard InChI is InChI=1S/C19H22N2/c1-15-7-9-16(10-8-15)13-20-12-11-17-14-21(2)19-6-4-3-5-18(17)19/h3-10,14,20H,11-13H2,1-2H3. The molecule has 0 aliphatic heterocycles. The van der Waals surface area contributed by atoms with E-state index in [1.165, 1.54) is 27.6 Å². The van der Waals surface area contributed by atoms with Gasteiger partial charge in [-0.25, -0.2) is 0 Å². The Morgan fingerprint density at radius 2 is 1.76 bits per heavy atom. The minimum Gasteiger partial charge on any atom is -0.350 e. The molecule has 3 aromatic rings. The molecular formula is C19H22N2. The van der Waals surface area contributed by atoms with Gasteiger partial charge in [-0.1, -0.05) is 48.0 Å². The third kappa shape index (κ3) is 3.17. The molecule has 2 aromatic carbocycles. The molecule has 0 saturated carbocycles. The summed E-state index contributed by atoms with van der Waals surface area (Å²) >= 11 is 0. The number of nitrogens with one attached hydrogen (secondary N) is 1. The van der Waals surface area contributed by atoms with Crippen molar-refractivity contribution in [1.82, 2.24) is 9.88 Å². The highest BCUT2D eigenvalue weighted by molar-refractivity contribution is 5.83. The zero-order valence-electron chi connectivity index (χ0n) is 12.8. The van der Waals surface area contributed by atoms with Gasteiger partial charge >= 0.3 is 0 Å². The molecule has 21 heavy (non-hydrogen) atoms. The summed E-state index contributed by atoms with van der Waals surface area (Å²) in [6.07, 6.45) is 3.31. The molecule has 0 amide bonds. The summed E-state index contributed by atoms with van der Waals surface area (Å²) in [6, 6.07) is 17.3. The minimum atomic E-state index is 0.936. The second-order valence-corrected chi connectivity index (χ2v) is 5.69. The average molecular weight is 278 g/mol. The van der Waals surface area contributed by atoms with Gasteiger partial charge in [0.1, 0.15) is 0 Å². The lowest BCUT2D eigenvalue weighted by molar-refractivity contribution is 0.687. The van der Waals surface area contributed by atoms with Crippen LogP contribution < -0.4 is 5.32 Å². The smallest absolute Gasteiger partial charge is 0.0480 e. The SMILES string of the molecule is Cc1ccc(CNCCc2cn(C)c3ccccc23)cc1. The van der Waals surface area contributed by atoms with E-state index in [1.807, 2.05) is 0 Å². The Labute approximate surface area is 126 Å². The van der Waals surface area contributed by atoms with Crippen molar-refractivity contribution in [3.8, 4) is 0 Å². The Morgan fingerprint density at radius 1 is 1.00 bits per heavy atom. The van der Waals surface area contributed by atoms with Gasteiger partial charge < -0.3 is 9.88 Å². The molecule has 0 unspecified atom stereocenters. The van der Waals surface area contributed by atoms with Crippen LogP contribution in [-0.4, -0.2) is 11.1 Å². The van der Waals surface area contributed by atoms with Crippen LogP contribution in [0, 0.1) is 6.92 Å². The van der Waals surface area contributed by atoms with Gasteiger partial charge in [0, 0.05) is 30.7 Å². The highest BCUT2D eigenvalue weighted by Crippen LogP contribution is 2.20. The maximum atomic E-state index is 3.53. The molecule has 3 rings (SSSR count). The predicted octanol–water partition coefficient (Wildman–Crippen LogP) is 3.82. The van der Waals surface area contributed by atoms with Crippen LogP contribution in [0.15, 0.2) is 54.7 Å². The van der Waals surface area contributed by atoms with E-state index >= 15 is 0 Å². The summed E-state index contributed by atoms with van der Waals surface area (Å²) < 4.78 is 2.21. The van der Waals surface area contributed by atoms with Crippen molar-refractivity contribution < 1.29 is 0 Å². The molecule has 108 valence electrons. The van der Waals surface area contributed by atoms with Gasteiger partial charge in [0.05, 0.1) is 0 Å². The molecule has 0 saturated heterocycles. The first-order valence-corrected chi connectivity index (χ1v) is 7.53. The van der Waals surface area contributed by atoms with E-state index in [0.717, 1.165) is 19.5 Å². The first kappa shape index (κ1) is 13.9. The largest absolute Gasteiger partial charge is 0.350 e. The molecule has 0 spiro atoms. The van der Waals surface area contributed by atoms with Crippen molar-refractivity contribution in [2.75, 3.05) is 6.54 Å². The zero-order chi connectivity index (χ0) is 14.7. The number of benzene rings is 2. The first-order chi connectivity index (χ1) is 10.2. The highest BCUT2D eigenvalue weighted by Gasteiger charge is 2.05. The molecule has 0 radical (unpaired) electrons. The van der Waals surface area contributed by atoms with Crippen molar-refractivity contribution in [1.29, 1.82) is 0 Å². The highest BCUT2D eigenvalue weighted by atomic mass is 14.9. The van der Waals surface area contributed by atoms with Crippen LogP contribution in [0.4, 0.5) is 0 Å². The number of aromatic nitrogens is 1. The fourth-order valence-electron chi connectivity index (χ4n) is 2.79. The van der Waals surface area contributed by atoms with E-state index < -0.39 is 0 Å². The summed E-state index contributed by atoms with van der Waals surface area (Å²) in [5, 5.41) is 4.91. The molecule has 1 heterocycles. The Kier molecular flexibility index (Phi) is 4.07. The maximum absolute atomic E-state index is 3.53. The van der Waals surface area contributed by atoms with Gasteiger partial charge in [0.25, 0.3) is 0 Å². The second kappa shape index (κ2) is 6.15. The predicted molar refractivity (Wildman–Crippen MR) is 89.5 cm³/mol. The van der Waals surface area contributed by atoms with E-state index in [2.05, 4.69) is 78.6 Å². The summed E-state index contributed by atoms with van der Waals surface area (Å²) in [6.45, 7) is 4.06. The van der Waals surface area contributed by atoms with Crippen molar-refractivity contribution in [2.24, 2.45) is 7.05 Å². The average Bonchev–Trinajstić information content (AvgIpc) is 2.83. The number of hydrogen-bond donors (Lipinski definition) is 1. The van der Waals surface area contributed by atoms with Crippen LogP contribution in [-0.2, 0) is 20.0 Å². The van der Waals surface area contributed by atoms with Crippen LogP contribution in [0.3, 0.4) is 0 Å². The quantitative estimate of drug-likeness (QED) is 0.702. The lowest BCUT2D eigenvalue weighted by Crippen LogP contribution is -2.16. The fraction of sp³-hybridized carbons (Fsp3) is 0.263. The van der Waals surface area contributed by atoms with Gasteiger partial charge in [-0.3, -0.25) is 0 Å². The number of nitrogens with zero attached hydrogens (tertiary/aromatic N) is 1. The van der Waals surface area contributed by atoms with Crippen LogP contribution in [0.5, 0.6) is 0 Å². The fourth-order valence-corrected chi connectivity index (χ4v) is 2.79. The summed E-state index contributed by atoms with van der Waals surface area (Å²) in [4.78, 5) is 0. The normalized spacial score (nSPS) is 11.1. The molecule has 0 fully saturated rings. The van der Waals surface area contributed by atoms with Crippen LogP contribution >= 0.6 is 0 Å². The Morgan fingerprint density at radius 3 is 2.57 bits per heavy atom. The number of para-hydroxylation sites is 1. The van der Waals surface area contributed by atoms with Gasteiger partial charge in [-0.05, 0) is 37.1 Å². The van der Waals surface area contributed by atoms with Gasteiger partial charge in [-0.15, -0.1) is 0 Å². The number of aryl methyl sites for hydroxylation is 2. The molecule has 2 heteroatoms. The second-order valence-electron chi connectivity index (χ2n) is 5.69. The van der Waals surface area contributed by atoms with E-state index in [9.17, 15) is 0 Å². The van der Waals surface area contributed by atoms with Crippen molar-refractivity contribution in [3.63, 3.8) is 0 Å². The minimum absolute atomic E-state index is 0.936. The van der Waals surface area contributed by atoms with Gasteiger partial charge in [-0.2, -0.15) is 0 Å². The molecule has 0 atom stereocenters. The zero-order valence-corrected chi connectivity index (χ0v) is 12.8. The van der Waals surface area contributed by atoms with Crippen LogP contribution in [0.2, 0.25) is 0 Å². The van der Waals surface area contributed by atoms with Crippen LogP contribution in [0.1, 0.15) is 16.7 Å². The van der Waals surface area contributed by atoms with Crippen molar-refractivity contribution in [3.05, 3.63) is 71.4 Å². The number of hydrogen-bond acceptors (Lipinski definition) is 1. The molecular weight excluding hydrogens is 256 g/mol.